The Morgan fingerprint density at radius 2 is 1.15 bits per heavy atom. The lowest BCUT2D eigenvalue weighted by Gasteiger charge is -2.19. The van der Waals surface area contributed by atoms with Gasteiger partial charge in [-0.25, -0.2) is 0 Å². The van der Waals surface area contributed by atoms with Gasteiger partial charge in [-0.05, 0) is 73.7 Å². The fourth-order valence-corrected chi connectivity index (χ4v) is 7.68. The van der Waals surface area contributed by atoms with Crippen molar-refractivity contribution in [2.24, 2.45) is 11.1 Å². The maximum absolute atomic E-state index is 8.14. The molecule has 1 aliphatic carbocycles. The summed E-state index contributed by atoms with van der Waals surface area (Å²) in [5, 5.41) is 11.9. The summed E-state index contributed by atoms with van der Waals surface area (Å²) in [5.41, 5.74) is 18.6. The normalized spacial score (nSPS) is 12.9. The molecule has 0 radical (unpaired) electrons. The molecule has 3 N–H and O–H groups in total. The first-order valence-corrected chi connectivity index (χ1v) is 20.0. The molecule has 59 heavy (non-hydrogen) atoms. The number of rotatable bonds is 6. The van der Waals surface area contributed by atoms with E-state index in [0.29, 0.717) is 5.71 Å². The van der Waals surface area contributed by atoms with E-state index < -0.39 is 0 Å². The number of nitrogens with two attached hydrogens (primary N) is 1. The van der Waals surface area contributed by atoms with Gasteiger partial charge in [0.1, 0.15) is 0 Å². The van der Waals surface area contributed by atoms with E-state index in [1.807, 2.05) is 72.8 Å². The molecule has 290 valence electrons. The highest BCUT2D eigenvalue weighted by atomic mass is 15.1. The van der Waals surface area contributed by atoms with Crippen LogP contribution in [0.1, 0.15) is 25.0 Å². The van der Waals surface area contributed by atoms with E-state index in [2.05, 4.69) is 175 Å². The first kappa shape index (κ1) is 38.5. The van der Waals surface area contributed by atoms with Gasteiger partial charge in [-0.2, -0.15) is 0 Å². The molecule has 0 bridgehead atoms. The minimum absolute atomic E-state index is 0.129. The third kappa shape index (κ3) is 7.83. The Bertz CT molecular complexity index is 2890. The molecule has 0 fully saturated rings. The lowest BCUT2D eigenvalue weighted by Crippen LogP contribution is -2.18. The van der Waals surface area contributed by atoms with Crippen molar-refractivity contribution in [1.82, 2.24) is 9.13 Å². The van der Waals surface area contributed by atoms with Crippen molar-refractivity contribution in [1.29, 1.82) is 5.41 Å². The van der Waals surface area contributed by atoms with Gasteiger partial charge in [0.05, 0.1) is 22.3 Å². The molecule has 0 amide bonds. The first-order valence-electron chi connectivity index (χ1n) is 20.0. The monoisotopic (exact) mass is 767 g/mol. The average molecular weight is 768 g/mol. The van der Waals surface area contributed by atoms with Crippen LogP contribution in [0.2, 0.25) is 0 Å². The van der Waals surface area contributed by atoms with Crippen molar-refractivity contribution in [3.05, 3.63) is 229 Å². The van der Waals surface area contributed by atoms with Crippen LogP contribution < -0.4 is 10.6 Å². The zero-order valence-electron chi connectivity index (χ0n) is 34.0. The number of hydrogen-bond donors (Lipinski definition) is 2. The Labute approximate surface area is 347 Å². The highest BCUT2D eigenvalue weighted by Crippen LogP contribution is 2.40. The number of benzene rings is 7. The van der Waals surface area contributed by atoms with Crippen LogP contribution in [-0.4, -0.2) is 21.9 Å². The number of aromatic nitrogens is 2. The highest BCUT2D eigenvalue weighted by Gasteiger charge is 2.27. The number of allylic oxidation sites excluding steroid dienone is 3. The number of para-hydroxylation sites is 2. The molecule has 5 nitrogen and oxygen atoms in total. The molecule has 0 unspecified atom stereocenters. The minimum Gasteiger partial charge on any atom is -0.401 e. The average Bonchev–Trinajstić information content (AvgIpc) is 3.96. The van der Waals surface area contributed by atoms with Crippen molar-refractivity contribution in [3.63, 3.8) is 0 Å². The van der Waals surface area contributed by atoms with Crippen LogP contribution in [0, 0.1) is 17.7 Å². The van der Waals surface area contributed by atoms with Gasteiger partial charge >= 0.3 is 0 Å². The standard InChI is InChI=1S/C34H27N3.C14H16N2.C6H6/c1-24-13-15-27(16-14-24)37-33-19-17-28(35(2)25-9-5-3-6-10-25)23-31(33)29-18-20-32-30(34(29)37)21-22-36(32)26-11-7-4-8-12-26;1-14(2)9-8-11(13(14)16)12(15)10-6-4-3-5-7-10;1-2-4-6-5-3-1/h3-23H,1-2H3;3-9,15H,16H2,1-2H3;1-6H. The smallest absolute Gasteiger partial charge is 0.0702 e. The van der Waals surface area contributed by atoms with Crippen LogP contribution in [-0.2, 0) is 0 Å². The second kappa shape index (κ2) is 16.6. The summed E-state index contributed by atoms with van der Waals surface area (Å²) in [6, 6.07) is 65.2. The largest absolute Gasteiger partial charge is 0.401 e. The Kier molecular flexibility index (Phi) is 10.8. The predicted molar refractivity (Wildman–Crippen MR) is 251 cm³/mol. The molecule has 9 aromatic rings. The van der Waals surface area contributed by atoms with E-state index in [1.165, 1.54) is 61.0 Å². The number of nitrogens with one attached hydrogen (secondary N) is 1. The van der Waals surface area contributed by atoms with E-state index >= 15 is 0 Å². The Hall–Kier alpha value is -7.37. The van der Waals surface area contributed by atoms with Crippen LogP contribution in [0.25, 0.3) is 44.1 Å². The highest BCUT2D eigenvalue weighted by molar-refractivity contribution is 6.19. The zero-order chi connectivity index (χ0) is 40.9. The Morgan fingerprint density at radius 3 is 1.76 bits per heavy atom. The summed E-state index contributed by atoms with van der Waals surface area (Å²) in [5.74, 6) is 0. The number of hydrogen-bond acceptors (Lipinski definition) is 3. The predicted octanol–water partition coefficient (Wildman–Crippen LogP) is 13.4. The molecule has 2 aromatic heterocycles. The van der Waals surface area contributed by atoms with Gasteiger partial charge in [-0.15, -0.1) is 0 Å². The summed E-state index contributed by atoms with van der Waals surface area (Å²) < 4.78 is 4.70. The number of aryl methyl sites for hydroxylation is 1. The summed E-state index contributed by atoms with van der Waals surface area (Å²) in [4.78, 5) is 2.25. The van der Waals surface area contributed by atoms with Gasteiger partial charge in [0.15, 0.2) is 0 Å². The molecule has 0 spiro atoms. The Morgan fingerprint density at radius 1 is 0.576 bits per heavy atom. The third-order valence-corrected chi connectivity index (χ3v) is 11.1. The van der Waals surface area contributed by atoms with Gasteiger partial charge in [0.25, 0.3) is 0 Å². The van der Waals surface area contributed by atoms with Gasteiger partial charge in [0.2, 0.25) is 0 Å². The topological polar surface area (TPSA) is 63.0 Å². The van der Waals surface area contributed by atoms with Crippen LogP contribution in [0.5, 0.6) is 0 Å². The first-order chi connectivity index (χ1) is 28.7. The van der Waals surface area contributed by atoms with Gasteiger partial charge in [-0.3, -0.25) is 5.41 Å². The lowest BCUT2D eigenvalue weighted by atomic mass is 9.91. The summed E-state index contributed by atoms with van der Waals surface area (Å²) >= 11 is 0. The maximum Gasteiger partial charge on any atom is 0.0702 e. The number of fused-ring (bicyclic) bond motifs is 5. The van der Waals surface area contributed by atoms with Gasteiger partial charge in [-0.1, -0.05) is 153 Å². The van der Waals surface area contributed by atoms with Gasteiger partial charge < -0.3 is 19.8 Å². The molecule has 2 heterocycles. The van der Waals surface area contributed by atoms with Crippen molar-refractivity contribution in [3.8, 4) is 11.4 Å². The van der Waals surface area contributed by atoms with E-state index in [9.17, 15) is 0 Å². The minimum atomic E-state index is -0.129. The fraction of sp³-hybridized carbons (Fsp3) is 0.0926. The molecule has 0 atom stereocenters. The molecular formula is C54H49N5. The molecule has 0 aliphatic heterocycles. The third-order valence-electron chi connectivity index (χ3n) is 11.1. The van der Waals surface area contributed by atoms with Crippen LogP contribution in [0.3, 0.4) is 0 Å². The van der Waals surface area contributed by atoms with Crippen molar-refractivity contribution >= 4 is 49.8 Å². The van der Waals surface area contributed by atoms with Crippen molar-refractivity contribution < 1.29 is 0 Å². The SMILES string of the molecule is CC1(C)C=CC(C(=N)c2ccccc2)=C1N.Cc1ccc(-n2c3ccc(N(C)c4ccccc4)cc3c3ccc4c(ccn4-c4ccccc4)c32)cc1.c1ccccc1. The van der Waals surface area contributed by atoms with E-state index in [0.717, 1.165) is 16.8 Å². The number of nitrogens with zero attached hydrogens (tertiary/aromatic N) is 3. The van der Waals surface area contributed by atoms with E-state index in [1.54, 1.807) is 0 Å². The van der Waals surface area contributed by atoms with Crippen LogP contribution in [0.4, 0.5) is 11.4 Å². The second-order valence-electron chi connectivity index (χ2n) is 15.5. The molecule has 0 saturated heterocycles. The van der Waals surface area contributed by atoms with Crippen LogP contribution >= 0.6 is 0 Å². The molecule has 7 aromatic carbocycles. The summed E-state index contributed by atoms with van der Waals surface area (Å²) in [7, 11) is 2.13. The van der Waals surface area contributed by atoms with Crippen molar-refractivity contribution in [2.75, 3.05) is 11.9 Å². The summed E-state index contributed by atoms with van der Waals surface area (Å²) in [6.45, 7) is 6.26. The fourth-order valence-electron chi connectivity index (χ4n) is 7.68. The van der Waals surface area contributed by atoms with Crippen molar-refractivity contribution in [2.45, 2.75) is 20.8 Å². The molecular weight excluding hydrogens is 719 g/mol. The van der Waals surface area contributed by atoms with Crippen LogP contribution in [0.15, 0.2) is 218 Å². The van der Waals surface area contributed by atoms with E-state index in [4.69, 9.17) is 11.1 Å². The summed E-state index contributed by atoms with van der Waals surface area (Å²) in [6.07, 6.45) is 6.19. The molecule has 0 saturated carbocycles. The quantitative estimate of drug-likeness (QED) is 0.166. The van der Waals surface area contributed by atoms with E-state index in [-0.39, 0.29) is 5.41 Å². The molecule has 1 aliphatic rings. The molecule has 5 heteroatoms. The number of anilines is 2. The van der Waals surface area contributed by atoms with Gasteiger partial charge in [0, 0.05) is 74.4 Å². The zero-order valence-corrected chi connectivity index (χ0v) is 34.0. The lowest BCUT2D eigenvalue weighted by molar-refractivity contribution is 0.582. The second-order valence-corrected chi connectivity index (χ2v) is 15.5. The Balaban J connectivity index is 0.000000181. The maximum atomic E-state index is 8.14. The molecule has 10 rings (SSSR count).